The van der Waals surface area contributed by atoms with E-state index in [1.807, 2.05) is 44.2 Å². The molecule has 2 aromatic carbocycles. The highest BCUT2D eigenvalue weighted by Gasteiger charge is 2.25. The summed E-state index contributed by atoms with van der Waals surface area (Å²) in [4.78, 5) is 12.8. The lowest BCUT2D eigenvalue weighted by atomic mass is 9.99. The quantitative estimate of drug-likeness (QED) is 0.448. The minimum atomic E-state index is -1.01. The third-order valence-corrected chi connectivity index (χ3v) is 6.39. The maximum absolute atomic E-state index is 13.8. The number of ketones is 1. The third-order valence-electron chi connectivity index (χ3n) is 5.45. The molecule has 0 N–H and O–H groups in total. The molecule has 0 radical (unpaired) electrons. The molecule has 1 aliphatic carbocycles. The normalized spacial score (nSPS) is 14.8. The van der Waals surface area contributed by atoms with Crippen molar-refractivity contribution >= 4 is 33.8 Å². The minimum Gasteiger partial charge on any atom is -0.299 e. The Kier molecular flexibility index (Phi) is 9.57. The van der Waals surface area contributed by atoms with Gasteiger partial charge in [-0.05, 0) is 70.7 Å². The Hall–Kier alpha value is -2.33. The second kappa shape index (κ2) is 11.9. The Morgan fingerprint density at radius 3 is 2.16 bits per heavy atom. The molecule has 1 atom stereocenters. The van der Waals surface area contributed by atoms with E-state index in [0.717, 1.165) is 38.3 Å². The highest BCUT2D eigenvalue weighted by atomic mass is 32.2. The molecule has 2 aromatic rings. The van der Waals surface area contributed by atoms with E-state index in [2.05, 4.69) is 13.8 Å². The predicted octanol–water partition coefficient (Wildman–Crippen LogP) is 7.46. The molecule has 0 bridgehead atoms. The van der Waals surface area contributed by atoms with Crippen LogP contribution in [0.4, 0.5) is 4.39 Å². The van der Waals surface area contributed by atoms with E-state index in [1.165, 1.54) is 31.4 Å². The van der Waals surface area contributed by atoms with Crippen LogP contribution in [0, 0.1) is 5.82 Å². The number of hydrogen-bond donors (Lipinski definition) is 0. The molecule has 1 unspecified atom stereocenters. The Balaban J connectivity index is 0.000000614. The number of hydrogen-bond acceptors (Lipinski definition) is 2. The van der Waals surface area contributed by atoms with Crippen molar-refractivity contribution in [3.8, 4) is 0 Å². The molecule has 31 heavy (non-hydrogen) atoms. The van der Waals surface area contributed by atoms with Gasteiger partial charge in [0, 0.05) is 34.8 Å². The molecular weight excluding hydrogens is 407 g/mol. The number of allylic oxidation sites excluding steroid dienone is 3. The fourth-order valence-electron chi connectivity index (χ4n) is 3.58. The summed E-state index contributed by atoms with van der Waals surface area (Å²) in [5.74, 6) is -0.153. The molecule has 0 saturated heterocycles. The van der Waals surface area contributed by atoms with Crippen LogP contribution >= 0.6 is 0 Å². The highest BCUT2D eigenvalue weighted by molar-refractivity contribution is 7.84. The van der Waals surface area contributed by atoms with Crippen LogP contribution in [0.15, 0.2) is 52.9 Å². The second-order valence-corrected chi connectivity index (χ2v) is 9.18. The predicted molar refractivity (Wildman–Crippen MR) is 131 cm³/mol. The molecule has 3 rings (SSSR count). The maximum Gasteiger partial charge on any atom is 0.137 e. The van der Waals surface area contributed by atoms with E-state index in [1.54, 1.807) is 12.3 Å². The topological polar surface area (TPSA) is 34.1 Å². The van der Waals surface area contributed by atoms with Crippen LogP contribution in [0.2, 0.25) is 0 Å². The van der Waals surface area contributed by atoms with Crippen molar-refractivity contribution in [3.05, 3.63) is 70.5 Å². The van der Waals surface area contributed by atoms with Gasteiger partial charge in [0.15, 0.2) is 0 Å². The molecular formula is C27H33FO2S. The van der Waals surface area contributed by atoms with E-state index in [0.29, 0.717) is 12.8 Å². The van der Waals surface area contributed by atoms with Crippen LogP contribution in [0.1, 0.15) is 76.5 Å². The zero-order chi connectivity index (χ0) is 23.0. The number of carbonyl (C=O) groups is 1. The largest absolute Gasteiger partial charge is 0.299 e. The van der Waals surface area contributed by atoms with Gasteiger partial charge in [0.05, 0.1) is 0 Å². The zero-order valence-electron chi connectivity index (χ0n) is 19.3. The van der Waals surface area contributed by atoms with E-state index in [-0.39, 0.29) is 11.6 Å². The van der Waals surface area contributed by atoms with Crippen LogP contribution in [-0.2, 0) is 15.6 Å². The van der Waals surface area contributed by atoms with Gasteiger partial charge in [-0.1, -0.05) is 58.2 Å². The van der Waals surface area contributed by atoms with Crippen molar-refractivity contribution in [2.24, 2.45) is 0 Å². The van der Waals surface area contributed by atoms with Crippen molar-refractivity contribution in [1.82, 2.24) is 0 Å². The molecule has 0 heterocycles. The summed E-state index contributed by atoms with van der Waals surface area (Å²) >= 11 is 0. The van der Waals surface area contributed by atoms with Crippen molar-refractivity contribution < 1.29 is 13.4 Å². The minimum absolute atomic E-state index is 0.144. The summed E-state index contributed by atoms with van der Waals surface area (Å²) in [6.45, 7) is 8.25. The molecule has 0 aromatic heterocycles. The first kappa shape index (κ1) is 24.9. The van der Waals surface area contributed by atoms with Gasteiger partial charge in [-0.3, -0.25) is 9.00 Å². The zero-order valence-corrected chi connectivity index (χ0v) is 20.1. The van der Waals surface area contributed by atoms with Gasteiger partial charge in [-0.15, -0.1) is 0 Å². The van der Waals surface area contributed by atoms with Gasteiger partial charge in [-0.25, -0.2) is 4.39 Å². The van der Waals surface area contributed by atoms with Crippen molar-refractivity contribution in [1.29, 1.82) is 0 Å². The monoisotopic (exact) mass is 440 g/mol. The number of fused-ring (bicyclic) bond motifs is 1. The average molecular weight is 441 g/mol. The lowest BCUT2D eigenvalue weighted by Gasteiger charge is -2.05. The van der Waals surface area contributed by atoms with E-state index in [9.17, 15) is 13.4 Å². The Morgan fingerprint density at radius 2 is 1.65 bits per heavy atom. The van der Waals surface area contributed by atoms with E-state index in [4.69, 9.17) is 0 Å². The van der Waals surface area contributed by atoms with Crippen LogP contribution < -0.4 is 0 Å². The van der Waals surface area contributed by atoms with Gasteiger partial charge >= 0.3 is 0 Å². The molecule has 0 aliphatic heterocycles. The standard InChI is InChI=1S/C22H21FO2S.C5H12/c1-4-17(24)13-21-14(2)20(19-10-7-16(23)12-22(19)21)11-15-5-8-18(9-6-15)26(3)25;1-3-5-4-2/h5-12H,4,13H2,1-3H3;3-5H2,1-2H3/b20-11+;. The summed E-state index contributed by atoms with van der Waals surface area (Å²) in [6, 6.07) is 12.3. The molecule has 0 amide bonds. The van der Waals surface area contributed by atoms with Crippen LogP contribution in [0.3, 0.4) is 0 Å². The van der Waals surface area contributed by atoms with Gasteiger partial charge in [0.25, 0.3) is 0 Å². The van der Waals surface area contributed by atoms with Crippen LogP contribution in [0.25, 0.3) is 17.2 Å². The fraction of sp³-hybridized carbons (Fsp3) is 0.370. The van der Waals surface area contributed by atoms with Gasteiger partial charge < -0.3 is 0 Å². The van der Waals surface area contributed by atoms with Crippen molar-refractivity contribution in [3.63, 3.8) is 0 Å². The number of rotatable bonds is 7. The van der Waals surface area contributed by atoms with Crippen molar-refractivity contribution in [2.75, 3.05) is 6.26 Å². The van der Waals surface area contributed by atoms with E-state index < -0.39 is 10.8 Å². The molecule has 0 saturated carbocycles. The van der Waals surface area contributed by atoms with Crippen molar-refractivity contribution in [2.45, 2.75) is 64.7 Å². The number of carbonyl (C=O) groups excluding carboxylic acids is 1. The average Bonchev–Trinajstić information content (AvgIpc) is 3.00. The molecule has 2 nitrogen and oxygen atoms in total. The summed E-state index contributed by atoms with van der Waals surface area (Å²) < 4.78 is 25.3. The smallest absolute Gasteiger partial charge is 0.137 e. The first-order valence-corrected chi connectivity index (χ1v) is 12.5. The van der Waals surface area contributed by atoms with Crippen LogP contribution in [0.5, 0.6) is 0 Å². The third kappa shape index (κ3) is 6.57. The number of benzene rings is 2. The maximum atomic E-state index is 13.8. The van der Waals surface area contributed by atoms with Gasteiger partial charge in [0.1, 0.15) is 11.6 Å². The Bertz CT molecular complexity index is 998. The fourth-order valence-corrected chi connectivity index (χ4v) is 4.10. The number of Topliss-reactive ketones (excluding diaryl/α,β-unsaturated/α-hetero) is 1. The molecule has 4 heteroatoms. The second-order valence-electron chi connectivity index (χ2n) is 7.80. The van der Waals surface area contributed by atoms with Gasteiger partial charge in [0.2, 0.25) is 0 Å². The van der Waals surface area contributed by atoms with E-state index >= 15 is 0 Å². The number of halogens is 1. The molecule has 0 fully saturated rings. The summed E-state index contributed by atoms with van der Waals surface area (Å²) in [5, 5.41) is 0. The summed E-state index contributed by atoms with van der Waals surface area (Å²) in [7, 11) is -1.01. The Labute approximate surface area is 188 Å². The highest BCUT2D eigenvalue weighted by Crippen LogP contribution is 2.44. The first-order valence-electron chi connectivity index (χ1n) is 11.0. The lowest BCUT2D eigenvalue weighted by molar-refractivity contribution is -0.117. The SMILES string of the molecule is CCC(=O)CC1=C(C)/C(=C\c2ccc(S(C)=O)cc2)c2ccc(F)cc21.CCCCC. The summed E-state index contributed by atoms with van der Waals surface area (Å²) in [5.41, 5.74) is 5.66. The first-order chi connectivity index (χ1) is 14.8. The Morgan fingerprint density at radius 1 is 1.00 bits per heavy atom. The van der Waals surface area contributed by atoms with Gasteiger partial charge in [-0.2, -0.15) is 0 Å². The summed E-state index contributed by atoms with van der Waals surface area (Å²) in [6.07, 6.45) is 8.56. The van der Waals surface area contributed by atoms with Crippen LogP contribution in [-0.4, -0.2) is 16.2 Å². The molecule has 0 spiro atoms. The molecule has 166 valence electrons. The number of unbranched alkanes of at least 4 members (excludes halogenated alkanes) is 2. The molecule has 1 aliphatic rings. The lowest BCUT2D eigenvalue weighted by Crippen LogP contribution is -1.97.